The van der Waals surface area contributed by atoms with Gasteiger partial charge in [-0.1, -0.05) is 32.0 Å². The van der Waals surface area contributed by atoms with Gasteiger partial charge in [0.15, 0.2) is 0 Å². The number of nitrogens with one attached hydrogen (secondary N) is 2. The van der Waals surface area contributed by atoms with Gasteiger partial charge >= 0.3 is 0 Å². The highest BCUT2D eigenvalue weighted by Gasteiger charge is 2.59. The van der Waals surface area contributed by atoms with E-state index >= 15 is 4.39 Å². The highest BCUT2D eigenvalue weighted by atomic mass is 32.2. The van der Waals surface area contributed by atoms with Crippen molar-refractivity contribution in [2.24, 2.45) is 0 Å². The van der Waals surface area contributed by atoms with E-state index < -0.39 is 21.3 Å². The first kappa shape index (κ1) is 29.8. The van der Waals surface area contributed by atoms with Crippen LogP contribution in [0.3, 0.4) is 0 Å². The molecule has 2 N–H and O–H groups in total. The third-order valence-corrected chi connectivity index (χ3v) is 8.63. The summed E-state index contributed by atoms with van der Waals surface area (Å²) in [4.78, 5) is 24.1. The van der Waals surface area contributed by atoms with Crippen molar-refractivity contribution >= 4 is 38.2 Å². The summed E-state index contributed by atoms with van der Waals surface area (Å²) in [7, 11) is -1.97. The summed E-state index contributed by atoms with van der Waals surface area (Å²) in [5.41, 5.74) is 1.70. The molecule has 12 heteroatoms. The van der Waals surface area contributed by atoms with E-state index in [-0.39, 0.29) is 41.8 Å². The number of anilines is 2. The number of benzene rings is 2. The summed E-state index contributed by atoms with van der Waals surface area (Å²) in [5, 5.41) is 3.87. The average Bonchev–Trinajstić information content (AvgIpc) is 3.17. The predicted octanol–water partition coefficient (Wildman–Crippen LogP) is 4.64. The predicted molar refractivity (Wildman–Crippen MR) is 167 cm³/mol. The molecule has 44 heavy (non-hydrogen) atoms. The van der Waals surface area contributed by atoms with Crippen molar-refractivity contribution in [2.75, 3.05) is 36.1 Å². The first-order valence-corrected chi connectivity index (χ1v) is 16.3. The van der Waals surface area contributed by atoms with Gasteiger partial charge in [-0.15, -0.1) is 0 Å². The Morgan fingerprint density at radius 2 is 1.86 bits per heavy atom. The van der Waals surface area contributed by atoms with E-state index in [9.17, 15) is 13.2 Å². The number of fused-ring (bicyclic) bond motifs is 4. The van der Waals surface area contributed by atoms with Crippen LogP contribution in [0.1, 0.15) is 32.3 Å². The number of carbonyl (C=O) groups excluding carboxylic acids is 1. The highest BCUT2D eigenvalue weighted by molar-refractivity contribution is 7.92. The number of aromatic nitrogens is 2. The fourth-order valence-electron chi connectivity index (χ4n) is 6.07. The molecule has 1 spiro atoms. The third kappa shape index (κ3) is 5.55. The molecule has 10 nitrogen and oxygen atoms in total. The van der Waals surface area contributed by atoms with Crippen molar-refractivity contribution < 1.29 is 27.1 Å². The normalized spacial score (nSPS) is 19.4. The van der Waals surface area contributed by atoms with Crippen LogP contribution >= 0.6 is 0 Å². The van der Waals surface area contributed by atoms with Crippen LogP contribution in [-0.4, -0.2) is 62.9 Å². The Morgan fingerprint density at radius 3 is 2.57 bits per heavy atom. The molecule has 1 saturated carbocycles. The number of para-hydroxylation sites is 1. The van der Waals surface area contributed by atoms with Crippen molar-refractivity contribution in [3.05, 3.63) is 72.3 Å². The molecule has 1 fully saturated rings. The molecule has 230 valence electrons. The molecule has 0 saturated heterocycles. The minimum absolute atomic E-state index is 0.0460. The Kier molecular flexibility index (Phi) is 7.66. The summed E-state index contributed by atoms with van der Waals surface area (Å²) in [5.74, 6) is 0.219. The molecular formula is C32H34FN5O5S. The number of nitrogens with zero attached hydrogens (tertiary/aromatic N) is 3. The van der Waals surface area contributed by atoms with E-state index in [1.54, 1.807) is 24.2 Å². The monoisotopic (exact) mass is 619 g/mol. The number of halogens is 1. The zero-order chi connectivity index (χ0) is 31.2. The van der Waals surface area contributed by atoms with E-state index in [1.807, 2.05) is 44.2 Å². The molecule has 0 unspecified atom stereocenters. The maximum absolute atomic E-state index is 15.7. The Hall–Kier alpha value is -4.29. The van der Waals surface area contributed by atoms with Crippen molar-refractivity contribution in [1.29, 1.82) is 0 Å². The Morgan fingerprint density at radius 1 is 1.11 bits per heavy atom. The number of rotatable bonds is 10. The third-order valence-electron chi connectivity index (χ3n) is 8.04. The first-order valence-electron chi connectivity index (χ1n) is 14.4. The van der Waals surface area contributed by atoms with Gasteiger partial charge in [-0.2, -0.15) is 0 Å². The van der Waals surface area contributed by atoms with Gasteiger partial charge in [-0.05, 0) is 24.3 Å². The Bertz CT molecular complexity index is 1850. The molecule has 0 atom stereocenters. The number of likely N-dealkylation sites (N-methyl/N-ethyl adjacent to an activating group) is 1. The second-order valence-corrected chi connectivity index (χ2v) is 13.4. The van der Waals surface area contributed by atoms with Crippen LogP contribution in [0, 0.1) is 5.82 Å². The Balaban J connectivity index is 1.38. The highest BCUT2D eigenvalue weighted by Crippen LogP contribution is 2.56. The number of amides is 1. The maximum atomic E-state index is 15.7. The number of hydrogen-bond acceptors (Lipinski definition) is 8. The van der Waals surface area contributed by atoms with Gasteiger partial charge in [0, 0.05) is 66.8 Å². The van der Waals surface area contributed by atoms with Gasteiger partial charge in [0.2, 0.25) is 21.8 Å². The zero-order valence-corrected chi connectivity index (χ0v) is 25.7. The summed E-state index contributed by atoms with van der Waals surface area (Å²) in [6.45, 7) is 4.79. The summed E-state index contributed by atoms with van der Waals surface area (Å²) in [6, 6.07) is 14.2. The second-order valence-electron chi connectivity index (χ2n) is 11.7. The molecule has 0 radical (unpaired) electrons. The molecule has 3 heterocycles. The van der Waals surface area contributed by atoms with E-state index in [4.69, 9.17) is 9.47 Å². The van der Waals surface area contributed by atoms with Gasteiger partial charge in [-0.25, -0.2) is 17.8 Å². The lowest BCUT2D eigenvalue weighted by atomic mass is 9.62. The van der Waals surface area contributed by atoms with Crippen LogP contribution in [0.25, 0.3) is 22.0 Å². The van der Waals surface area contributed by atoms with Gasteiger partial charge in [0.25, 0.3) is 0 Å². The van der Waals surface area contributed by atoms with Crippen LogP contribution in [0.15, 0.2) is 60.9 Å². The van der Waals surface area contributed by atoms with Crippen molar-refractivity contribution in [3.63, 3.8) is 0 Å². The summed E-state index contributed by atoms with van der Waals surface area (Å²) < 4.78 is 54.3. The van der Waals surface area contributed by atoms with E-state index in [2.05, 4.69) is 20.0 Å². The molecule has 2 aliphatic rings. The molecule has 4 aromatic rings. The molecule has 1 amide bonds. The van der Waals surface area contributed by atoms with E-state index in [0.29, 0.717) is 41.5 Å². The number of sulfonamides is 1. The summed E-state index contributed by atoms with van der Waals surface area (Å²) in [6.07, 6.45) is 4.89. The van der Waals surface area contributed by atoms with Crippen molar-refractivity contribution in [1.82, 2.24) is 15.3 Å². The fraction of sp³-hybridized carbons (Fsp3) is 0.344. The molecule has 6 rings (SSSR count). The number of hydrogen-bond donors (Lipinski definition) is 2. The standard InChI is InChI=1S/C32H34FN5O5S/c1-19(2)34-10-11-42-30-27(37-44(4,40)41)12-20(17-36-30)23-13-24-26(14-25(23)33)35-18-28-29(24)32(31(39)38(28)3)15-22(16-32)43-21-8-6-5-7-9-21/h5-9,12-14,17-19,22,34,37H,10-11,15-16H2,1-4H3/t22-,32-. The van der Waals surface area contributed by atoms with Gasteiger partial charge in [-0.3, -0.25) is 14.5 Å². The van der Waals surface area contributed by atoms with Crippen LogP contribution in [-0.2, 0) is 20.2 Å². The molecule has 1 aliphatic heterocycles. The number of pyridine rings is 2. The van der Waals surface area contributed by atoms with Gasteiger partial charge in [0.05, 0.1) is 29.1 Å². The lowest BCUT2D eigenvalue weighted by Gasteiger charge is -2.43. The topological polar surface area (TPSA) is 123 Å². The second kappa shape index (κ2) is 11.3. The largest absolute Gasteiger partial charge is 0.490 e. The SMILES string of the molecule is CC(C)NCCOc1ncc(-c2cc3c(cc2F)ncc2c3[C@]3(C[C@@H](Oc4ccccc4)C3)C(=O)N2C)cc1NS(C)(=O)=O. The number of carbonyl (C=O) groups is 1. The molecular weight excluding hydrogens is 585 g/mol. The van der Waals surface area contributed by atoms with Crippen LogP contribution in [0.4, 0.5) is 15.8 Å². The molecule has 0 bridgehead atoms. The van der Waals surface area contributed by atoms with E-state index in [1.165, 1.54) is 18.3 Å². The first-order chi connectivity index (χ1) is 20.9. The minimum Gasteiger partial charge on any atom is -0.490 e. The van der Waals surface area contributed by atoms with Crippen molar-refractivity contribution in [2.45, 2.75) is 44.2 Å². The van der Waals surface area contributed by atoms with Crippen LogP contribution < -0.4 is 24.4 Å². The lowest BCUT2D eigenvalue weighted by Crippen LogP contribution is -2.53. The molecule has 2 aromatic carbocycles. The number of ether oxygens (including phenoxy) is 2. The van der Waals surface area contributed by atoms with Gasteiger partial charge < -0.3 is 19.7 Å². The lowest BCUT2D eigenvalue weighted by molar-refractivity contribution is -0.129. The van der Waals surface area contributed by atoms with Gasteiger partial charge in [0.1, 0.15) is 30.0 Å². The van der Waals surface area contributed by atoms with Crippen molar-refractivity contribution in [3.8, 4) is 22.8 Å². The van der Waals surface area contributed by atoms with Crippen LogP contribution in [0.5, 0.6) is 11.6 Å². The van der Waals surface area contributed by atoms with Crippen LogP contribution in [0.2, 0.25) is 0 Å². The zero-order valence-electron chi connectivity index (χ0n) is 24.9. The molecule has 2 aromatic heterocycles. The Labute approximate surface area is 255 Å². The maximum Gasteiger partial charge on any atom is 0.238 e. The average molecular weight is 620 g/mol. The fourth-order valence-corrected chi connectivity index (χ4v) is 6.62. The smallest absolute Gasteiger partial charge is 0.238 e. The minimum atomic E-state index is -3.69. The quantitative estimate of drug-likeness (QED) is 0.246. The van der Waals surface area contributed by atoms with E-state index in [0.717, 1.165) is 17.6 Å². The summed E-state index contributed by atoms with van der Waals surface area (Å²) >= 11 is 0. The molecule has 1 aliphatic carbocycles.